The monoisotopic (exact) mass is 442 g/mol. The molecule has 1 aliphatic heterocycles. The van der Waals surface area contributed by atoms with Crippen LogP contribution < -0.4 is 21.7 Å². The van der Waals surface area contributed by atoms with Gasteiger partial charge in [-0.2, -0.15) is 0 Å². The highest BCUT2D eigenvalue weighted by molar-refractivity contribution is 5.98. The van der Waals surface area contributed by atoms with Crippen molar-refractivity contribution in [3.05, 3.63) is 59.4 Å². The summed E-state index contributed by atoms with van der Waals surface area (Å²) in [5.41, 5.74) is 8.28. The van der Waals surface area contributed by atoms with Gasteiger partial charge in [0.25, 0.3) is 5.91 Å². The molecule has 0 spiro atoms. The fraction of sp³-hybridized carbons (Fsp3) is 0.318. The number of carbonyl (C=O) groups is 3. The Morgan fingerprint density at radius 2 is 1.56 bits per heavy atom. The van der Waals surface area contributed by atoms with E-state index in [-0.39, 0.29) is 31.9 Å². The summed E-state index contributed by atoms with van der Waals surface area (Å²) < 4.78 is 13.5. The SMILES string of the molecule is Cc1cc(C)cc(NC(=O)N2CCN(C(=O)Nc3cccc(F)c3)C2C(=O)NCCN)c1. The maximum Gasteiger partial charge on any atom is 0.323 e. The van der Waals surface area contributed by atoms with Gasteiger partial charge in [0.05, 0.1) is 0 Å². The van der Waals surface area contributed by atoms with Crippen molar-refractivity contribution in [2.75, 3.05) is 36.8 Å². The Balaban J connectivity index is 1.79. The first-order chi connectivity index (χ1) is 15.3. The van der Waals surface area contributed by atoms with Crippen LogP contribution >= 0.6 is 0 Å². The van der Waals surface area contributed by atoms with Gasteiger partial charge in [-0.1, -0.05) is 12.1 Å². The number of urea groups is 2. The molecule has 1 saturated heterocycles. The fourth-order valence-corrected chi connectivity index (χ4v) is 3.63. The maximum absolute atomic E-state index is 13.5. The van der Waals surface area contributed by atoms with Gasteiger partial charge in [0.1, 0.15) is 5.82 Å². The second kappa shape index (κ2) is 10.1. The fourth-order valence-electron chi connectivity index (χ4n) is 3.63. The van der Waals surface area contributed by atoms with Gasteiger partial charge in [-0.05, 0) is 55.3 Å². The molecule has 3 rings (SSSR count). The zero-order valence-electron chi connectivity index (χ0n) is 18.0. The number of anilines is 2. The molecular formula is C22H27FN6O3. The van der Waals surface area contributed by atoms with Crippen molar-refractivity contribution in [1.82, 2.24) is 15.1 Å². The minimum atomic E-state index is -1.18. The van der Waals surface area contributed by atoms with Crippen LogP contribution in [0.3, 0.4) is 0 Å². The summed E-state index contributed by atoms with van der Waals surface area (Å²) >= 11 is 0. The maximum atomic E-state index is 13.5. The summed E-state index contributed by atoms with van der Waals surface area (Å²) in [6, 6.07) is 9.91. The standard InChI is InChI=1S/C22H27FN6O3/c1-14-10-15(2)12-18(11-14)27-22(32)29-9-8-28(20(29)19(30)25-7-6-24)21(31)26-17-5-3-4-16(23)13-17/h3-5,10-13,20H,6-9,24H2,1-2H3,(H,25,30)(H,26,31)(H,27,32). The van der Waals surface area contributed by atoms with Crippen molar-refractivity contribution in [1.29, 1.82) is 0 Å². The van der Waals surface area contributed by atoms with E-state index in [1.54, 1.807) is 0 Å². The Bertz CT molecular complexity index is 995. The first-order valence-electron chi connectivity index (χ1n) is 10.3. The molecule has 0 aliphatic carbocycles. The van der Waals surface area contributed by atoms with Crippen LogP contribution in [0.25, 0.3) is 0 Å². The number of nitrogens with one attached hydrogen (secondary N) is 3. The van der Waals surface area contributed by atoms with Crippen LogP contribution in [0.5, 0.6) is 0 Å². The van der Waals surface area contributed by atoms with Gasteiger partial charge in [0, 0.05) is 37.6 Å². The minimum absolute atomic E-state index is 0.127. The molecular weight excluding hydrogens is 415 g/mol. The van der Waals surface area contributed by atoms with E-state index in [2.05, 4.69) is 16.0 Å². The quantitative estimate of drug-likeness (QED) is 0.568. The molecule has 170 valence electrons. The third-order valence-corrected chi connectivity index (χ3v) is 4.92. The molecule has 0 saturated carbocycles. The van der Waals surface area contributed by atoms with Gasteiger partial charge >= 0.3 is 12.1 Å². The van der Waals surface area contributed by atoms with Gasteiger partial charge in [-0.3, -0.25) is 14.6 Å². The van der Waals surface area contributed by atoms with E-state index >= 15 is 0 Å². The summed E-state index contributed by atoms with van der Waals surface area (Å²) in [5.74, 6) is -1.03. The van der Waals surface area contributed by atoms with Crippen LogP contribution in [0.4, 0.5) is 25.4 Å². The molecule has 0 aromatic heterocycles. The third kappa shape index (κ3) is 5.52. The summed E-state index contributed by atoms with van der Waals surface area (Å²) in [7, 11) is 0. The molecule has 2 aromatic rings. The number of aryl methyl sites for hydroxylation is 2. The van der Waals surface area contributed by atoms with Crippen molar-refractivity contribution in [2.24, 2.45) is 5.73 Å². The molecule has 1 heterocycles. The van der Waals surface area contributed by atoms with E-state index in [1.807, 2.05) is 32.0 Å². The van der Waals surface area contributed by atoms with Gasteiger partial charge in [0.2, 0.25) is 0 Å². The summed E-state index contributed by atoms with van der Waals surface area (Å²) in [6.45, 7) is 4.51. The zero-order valence-corrected chi connectivity index (χ0v) is 18.0. The highest BCUT2D eigenvalue weighted by Gasteiger charge is 2.42. The number of rotatable bonds is 5. The Morgan fingerprint density at radius 3 is 2.12 bits per heavy atom. The average Bonchev–Trinajstić information content (AvgIpc) is 3.17. The molecule has 2 aromatic carbocycles. The van der Waals surface area contributed by atoms with Crippen LogP contribution in [-0.4, -0.2) is 60.1 Å². The summed E-state index contributed by atoms with van der Waals surface area (Å²) in [5, 5.41) is 8.00. The number of hydrogen-bond acceptors (Lipinski definition) is 4. The van der Waals surface area contributed by atoms with Gasteiger partial charge < -0.3 is 21.7 Å². The van der Waals surface area contributed by atoms with E-state index < -0.39 is 30.0 Å². The molecule has 1 aliphatic rings. The number of hydrogen-bond donors (Lipinski definition) is 4. The van der Waals surface area contributed by atoms with E-state index in [1.165, 1.54) is 34.1 Å². The van der Waals surface area contributed by atoms with Crippen LogP contribution in [0.2, 0.25) is 0 Å². The number of nitrogens with two attached hydrogens (primary N) is 1. The first kappa shape index (κ1) is 23.0. The Hall–Kier alpha value is -3.66. The molecule has 0 radical (unpaired) electrons. The molecule has 5 N–H and O–H groups in total. The minimum Gasteiger partial charge on any atom is -0.351 e. The van der Waals surface area contributed by atoms with Crippen molar-refractivity contribution < 1.29 is 18.8 Å². The van der Waals surface area contributed by atoms with E-state index in [0.29, 0.717) is 5.69 Å². The Morgan fingerprint density at radius 1 is 0.969 bits per heavy atom. The second-order valence-electron chi connectivity index (χ2n) is 7.59. The van der Waals surface area contributed by atoms with Crippen LogP contribution in [0.1, 0.15) is 11.1 Å². The number of carbonyl (C=O) groups excluding carboxylic acids is 3. The van der Waals surface area contributed by atoms with Crippen molar-refractivity contribution in [3.63, 3.8) is 0 Å². The lowest BCUT2D eigenvalue weighted by atomic mass is 10.1. The molecule has 1 fully saturated rings. The molecule has 5 amide bonds. The highest BCUT2D eigenvalue weighted by atomic mass is 19.1. The predicted octanol–water partition coefficient (Wildman–Crippen LogP) is 2.23. The molecule has 32 heavy (non-hydrogen) atoms. The number of nitrogens with zero attached hydrogens (tertiary/aromatic N) is 2. The van der Waals surface area contributed by atoms with Crippen LogP contribution in [0.15, 0.2) is 42.5 Å². The van der Waals surface area contributed by atoms with Crippen LogP contribution in [-0.2, 0) is 4.79 Å². The Kier molecular flexibility index (Phi) is 7.26. The summed E-state index contributed by atoms with van der Waals surface area (Å²) in [4.78, 5) is 41.2. The van der Waals surface area contributed by atoms with E-state index in [9.17, 15) is 18.8 Å². The van der Waals surface area contributed by atoms with Crippen LogP contribution in [0, 0.1) is 19.7 Å². The van der Waals surface area contributed by atoms with Gasteiger partial charge in [-0.15, -0.1) is 0 Å². The summed E-state index contributed by atoms with van der Waals surface area (Å²) in [6.07, 6.45) is -1.18. The predicted molar refractivity (Wildman–Crippen MR) is 120 cm³/mol. The normalized spacial score (nSPS) is 15.4. The van der Waals surface area contributed by atoms with Crippen molar-refractivity contribution in [3.8, 4) is 0 Å². The lowest BCUT2D eigenvalue weighted by Crippen LogP contribution is -2.55. The first-order valence-corrected chi connectivity index (χ1v) is 10.3. The molecule has 10 heteroatoms. The van der Waals surface area contributed by atoms with E-state index in [4.69, 9.17) is 5.73 Å². The van der Waals surface area contributed by atoms with Gasteiger partial charge in [0.15, 0.2) is 6.17 Å². The second-order valence-corrected chi connectivity index (χ2v) is 7.59. The van der Waals surface area contributed by atoms with Crippen molar-refractivity contribution in [2.45, 2.75) is 20.0 Å². The topological polar surface area (TPSA) is 120 Å². The largest absolute Gasteiger partial charge is 0.351 e. The highest BCUT2D eigenvalue weighted by Crippen LogP contribution is 2.21. The molecule has 1 atom stereocenters. The number of amides is 5. The molecule has 1 unspecified atom stereocenters. The third-order valence-electron chi connectivity index (χ3n) is 4.92. The van der Waals surface area contributed by atoms with Crippen molar-refractivity contribution >= 4 is 29.3 Å². The smallest absolute Gasteiger partial charge is 0.323 e. The lowest BCUT2D eigenvalue weighted by molar-refractivity contribution is -0.127. The zero-order chi connectivity index (χ0) is 23.3. The Labute approximate surface area is 185 Å². The van der Waals surface area contributed by atoms with E-state index in [0.717, 1.165) is 11.1 Å². The van der Waals surface area contributed by atoms with Gasteiger partial charge in [-0.25, -0.2) is 14.0 Å². The lowest BCUT2D eigenvalue weighted by Gasteiger charge is -2.29. The molecule has 0 bridgehead atoms. The number of halogens is 1. The molecule has 9 nitrogen and oxygen atoms in total. The average molecular weight is 442 g/mol. The number of benzene rings is 2.